The molecule has 0 aliphatic rings. The first kappa shape index (κ1) is 18.3. The van der Waals surface area contributed by atoms with Crippen molar-refractivity contribution in [1.82, 2.24) is 0 Å². The highest BCUT2D eigenvalue weighted by molar-refractivity contribution is 6.88. The molecule has 26 heavy (non-hydrogen) atoms. The number of nitrogens with one attached hydrogen (secondary N) is 1. The van der Waals surface area contributed by atoms with Gasteiger partial charge in [0.05, 0.1) is 0 Å². The summed E-state index contributed by atoms with van der Waals surface area (Å²) in [6, 6.07) is 19.7. The van der Waals surface area contributed by atoms with Gasteiger partial charge in [-0.1, -0.05) is 75.8 Å². The van der Waals surface area contributed by atoms with Crippen LogP contribution in [0.3, 0.4) is 0 Å². The molecule has 0 saturated heterocycles. The highest BCUT2D eigenvalue weighted by atomic mass is 14.8. The summed E-state index contributed by atoms with van der Waals surface area (Å²) in [7, 11) is 0. The molecule has 0 heterocycles. The van der Waals surface area contributed by atoms with E-state index >= 15 is 0 Å². The van der Waals surface area contributed by atoms with Gasteiger partial charge in [-0.3, -0.25) is 0 Å². The Morgan fingerprint density at radius 2 is 0.962 bits per heavy atom. The average Bonchev–Trinajstić information content (AvgIpc) is 2.53. The molecule has 0 spiro atoms. The van der Waals surface area contributed by atoms with Gasteiger partial charge in [0.1, 0.15) is 0 Å². The van der Waals surface area contributed by atoms with Crippen molar-refractivity contribution >= 4 is 23.5 Å². The monoisotopic (exact) mass is 341 g/mol. The molecule has 3 rings (SSSR count). The third-order valence-electron chi connectivity index (χ3n) is 5.14. The van der Waals surface area contributed by atoms with Gasteiger partial charge in [0.25, 0.3) is 0 Å². The van der Waals surface area contributed by atoms with Crippen LogP contribution < -0.4 is 16.2 Å². The molecular weight excluding hydrogens is 313 g/mol. The lowest BCUT2D eigenvalue weighted by Gasteiger charge is -2.25. The summed E-state index contributed by atoms with van der Waals surface area (Å²) in [6.07, 6.45) is 0. The second-order valence-corrected chi connectivity index (χ2v) is 7.57. The lowest BCUT2D eigenvalue weighted by molar-refractivity contribution is 1.33. The van der Waals surface area contributed by atoms with Crippen LogP contribution in [-0.4, -0.2) is 6.85 Å². The van der Waals surface area contributed by atoms with Crippen LogP contribution in [0, 0.1) is 41.5 Å². The summed E-state index contributed by atoms with van der Waals surface area (Å²) in [4.78, 5) is 0. The molecule has 1 N–H and O–H groups in total. The van der Waals surface area contributed by atoms with E-state index in [-0.39, 0.29) is 6.85 Å². The normalized spacial score (nSPS) is 10.7. The molecule has 3 aromatic carbocycles. The fraction of sp³-hybridized carbons (Fsp3) is 0.250. The quantitative estimate of drug-likeness (QED) is 0.675. The third-order valence-corrected chi connectivity index (χ3v) is 5.14. The number of aryl methyl sites for hydroxylation is 6. The summed E-state index contributed by atoms with van der Waals surface area (Å²) >= 11 is 0. The Morgan fingerprint density at radius 1 is 0.577 bits per heavy atom. The standard InChI is InChI=1S/C24H28BN/c1-16-12-18(3)23(19(4)13-16)25(26-22-10-8-7-9-11-22)24-20(5)14-17(2)15-21(24)6/h7-15,26H,1-6H3. The first-order chi connectivity index (χ1) is 12.4. The number of rotatable bonds is 4. The number of para-hydroxylation sites is 1. The van der Waals surface area contributed by atoms with Gasteiger partial charge in [0.15, 0.2) is 0 Å². The van der Waals surface area contributed by atoms with Crippen molar-refractivity contribution in [1.29, 1.82) is 0 Å². The topological polar surface area (TPSA) is 12.0 Å². The maximum absolute atomic E-state index is 3.81. The van der Waals surface area contributed by atoms with Crippen LogP contribution in [0.15, 0.2) is 54.6 Å². The molecule has 3 aromatic rings. The maximum atomic E-state index is 3.81. The summed E-state index contributed by atoms with van der Waals surface area (Å²) in [5.41, 5.74) is 11.9. The second kappa shape index (κ2) is 7.41. The van der Waals surface area contributed by atoms with Crippen LogP contribution >= 0.6 is 0 Å². The Morgan fingerprint density at radius 3 is 1.35 bits per heavy atom. The Hall–Kier alpha value is -2.48. The Balaban J connectivity index is 2.21. The maximum Gasteiger partial charge on any atom is 0.322 e. The first-order valence-corrected chi connectivity index (χ1v) is 9.34. The van der Waals surface area contributed by atoms with Crippen LogP contribution in [0.5, 0.6) is 0 Å². The van der Waals surface area contributed by atoms with Crippen LogP contribution in [0.25, 0.3) is 0 Å². The van der Waals surface area contributed by atoms with Crippen molar-refractivity contribution in [2.75, 3.05) is 5.23 Å². The first-order valence-electron chi connectivity index (χ1n) is 9.34. The Bertz CT molecular complexity index is 825. The molecule has 0 bridgehead atoms. The molecule has 0 amide bonds. The summed E-state index contributed by atoms with van der Waals surface area (Å²) in [5.74, 6) is 0. The number of hydrogen-bond donors (Lipinski definition) is 1. The van der Waals surface area contributed by atoms with Crippen molar-refractivity contribution in [2.45, 2.75) is 41.5 Å². The van der Waals surface area contributed by atoms with Crippen molar-refractivity contribution in [2.24, 2.45) is 0 Å². The number of anilines is 1. The fourth-order valence-corrected chi connectivity index (χ4v) is 4.28. The van der Waals surface area contributed by atoms with E-state index < -0.39 is 0 Å². The lowest BCUT2D eigenvalue weighted by atomic mass is 9.46. The second-order valence-electron chi connectivity index (χ2n) is 7.57. The molecule has 0 unspecified atom stereocenters. The van der Waals surface area contributed by atoms with Crippen LogP contribution in [0.4, 0.5) is 5.69 Å². The van der Waals surface area contributed by atoms with Crippen molar-refractivity contribution < 1.29 is 0 Å². The molecule has 1 nitrogen and oxygen atoms in total. The van der Waals surface area contributed by atoms with E-state index in [1.807, 2.05) is 0 Å². The van der Waals surface area contributed by atoms with E-state index in [0.717, 1.165) is 5.69 Å². The van der Waals surface area contributed by atoms with Gasteiger partial charge < -0.3 is 5.23 Å². The smallest absolute Gasteiger partial charge is 0.322 e. The van der Waals surface area contributed by atoms with Crippen LogP contribution in [0.2, 0.25) is 0 Å². The van der Waals surface area contributed by atoms with Crippen molar-refractivity contribution in [3.8, 4) is 0 Å². The van der Waals surface area contributed by atoms with E-state index in [4.69, 9.17) is 0 Å². The number of benzene rings is 3. The predicted octanol–water partition coefficient (Wildman–Crippen LogP) is 4.75. The average molecular weight is 341 g/mol. The molecule has 0 fully saturated rings. The molecular formula is C24H28BN. The predicted molar refractivity (Wildman–Crippen MR) is 116 cm³/mol. The zero-order valence-electron chi connectivity index (χ0n) is 16.8. The summed E-state index contributed by atoms with van der Waals surface area (Å²) < 4.78 is 0. The van der Waals surface area contributed by atoms with E-state index in [0.29, 0.717) is 0 Å². The zero-order chi connectivity index (χ0) is 18.8. The minimum absolute atomic E-state index is 0.138. The third kappa shape index (κ3) is 3.70. The molecule has 0 aliphatic heterocycles. The molecule has 0 saturated carbocycles. The minimum Gasteiger partial charge on any atom is -0.420 e. The summed E-state index contributed by atoms with van der Waals surface area (Å²) in [5, 5.41) is 3.81. The van der Waals surface area contributed by atoms with Gasteiger partial charge in [-0.05, 0) is 64.6 Å². The van der Waals surface area contributed by atoms with E-state index in [2.05, 4.69) is 101 Å². The molecule has 2 heteroatoms. The van der Waals surface area contributed by atoms with E-state index in [1.54, 1.807) is 0 Å². The van der Waals surface area contributed by atoms with Gasteiger partial charge in [-0.2, -0.15) is 0 Å². The van der Waals surface area contributed by atoms with Gasteiger partial charge in [0, 0.05) is 5.69 Å². The van der Waals surface area contributed by atoms with Crippen LogP contribution in [-0.2, 0) is 0 Å². The van der Waals surface area contributed by atoms with Gasteiger partial charge in [0.2, 0.25) is 0 Å². The SMILES string of the molecule is Cc1cc(C)c(B(Nc2ccccc2)c2c(C)cc(C)cc2C)c(C)c1. The van der Waals surface area contributed by atoms with Crippen molar-refractivity contribution in [3.63, 3.8) is 0 Å². The molecule has 0 atom stereocenters. The highest BCUT2D eigenvalue weighted by Crippen LogP contribution is 2.14. The fourth-order valence-electron chi connectivity index (χ4n) is 4.28. The van der Waals surface area contributed by atoms with E-state index in [1.165, 1.54) is 44.3 Å². The zero-order valence-corrected chi connectivity index (χ0v) is 16.8. The van der Waals surface area contributed by atoms with E-state index in [9.17, 15) is 0 Å². The molecule has 0 radical (unpaired) electrons. The Kier molecular flexibility index (Phi) is 5.22. The van der Waals surface area contributed by atoms with Gasteiger partial charge in [-0.25, -0.2) is 0 Å². The summed E-state index contributed by atoms with van der Waals surface area (Å²) in [6.45, 7) is 13.4. The van der Waals surface area contributed by atoms with Gasteiger partial charge in [-0.15, -0.1) is 0 Å². The molecule has 132 valence electrons. The van der Waals surface area contributed by atoms with Crippen LogP contribution in [0.1, 0.15) is 33.4 Å². The Labute approximate surface area is 158 Å². The largest absolute Gasteiger partial charge is 0.420 e. The highest BCUT2D eigenvalue weighted by Gasteiger charge is 2.27. The number of hydrogen-bond acceptors (Lipinski definition) is 1. The molecule has 0 aliphatic carbocycles. The minimum atomic E-state index is 0.138. The van der Waals surface area contributed by atoms with Crippen molar-refractivity contribution in [3.05, 3.63) is 88.0 Å². The van der Waals surface area contributed by atoms with Gasteiger partial charge >= 0.3 is 6.85 Å². The molecule has 0 aromatic heterocycles. The lowest BCUT2D eigenvalue weighted by Crippen LogP contribution is -2.53.